The van der Waals surface area contributed by atoms with E-state index in [0.29, 0.717) is 23.7 Å². The van der Waals surface area contributed by atoms with E-state index in [9.17, 15) is 4.39 Å². The normalized spacial score (nSPS) is 12.0. The van der Waals surface area contributed by atoms with Gasteiger partial charge < -0.3 is 15.2 Å². The minimum atomic E-state index is -0.586. The monoisotopic (exact) mass is 289 g/mol. The van der Waals surface area contributed by atoms with E-state index in [1.54, 1.807) is 12.1 Å². The van der Waals surface area contributed by atoms with Crippen molar-refractivity contribution in [2.75, 3.05) is 13.7 Å². The average Bonchev–Trinajstić information content (AvgIpc) is 2.48. The Hall–Kier alpha value is -2.07. The van der Waals surface area contributed by atoms with Crippen LogP contribution in [-0.4, -0.2) is 13.7 Å². The van der Waals surface area contributed by atoms with Crippen LogP contribution in [0.4, 0.5) is 4.39 Å². The Labute approximate surface area is 124 Å². The first kappa shape index (κ1) is 15.3. The predicted octanol–water partition coefficient (Wildman–Crippen LogP) is 3.59. The molecule has 2 aromatic rings. The first-order chi connectivity index (χ1) is 10.1. The van der Waals surface area contributed by atoms with Gasteiger partial charge in [0.05, 0.1) is 19.8 Å². The van der Waals surface area contributed by atoms with Crippen LogP contribution >= 0.6 is 0 Å². The predicted molar refractivity (Wildman–Crippen MR) is 81.3 cm³/mol. The second-order valence-electron chi connectivity index (χ2n) is 4.84. The van der Waals surface area contributed by atoms with Crippen molar-refractivity contribution >= 4 is 0 Å². The largest absolute Gasteiger partial charge is 0.497 e. The zero-order valence-corrected chi connectivity index (χ0v) is 12.5. The molecule has 0 heterocycles. The standard InChI is InChI=1S/C17H20FNO2/c1-4-21-16-8-5-11(2)9-14(16)17(19)13-7-6-12(20-3)10-15(13)18/h5-10,17H,4,19H2,1-3H3. The molecular weight excluding hydrogens is 269 g/mol. The molecule has 1 unspecified atom stereocenters. The molecule has 112 valence electrons. The zero-order valence-electron chi connectivity index (χ0n) is 12.5. The Balaban J connectivity index is 2.43. The van der Waals surface area contributed by atoms with Crippen molar-refractivity contribution in [1.82, 2.24) is 0 Å². The number of aryl methyl sites for hydroxylation is 1. The molecule has 2 N–H and O–H groups in total. The van der Waals surface area contributed by atoms with Crippen molar-refractivity contribution < 1.29 is 13.9 Å². The molecule has 0 spiro atoms. The summed E-state index contributed by atoms with van der Waals surface area (Å²) in [5.41, 5.74) is 8.50. The first-order valence-corrected chi connectivity index (χ1v) is 6.89. The fraction of sp³-hybridized carbons (Fsp3) is 0.294. The molecule has 4 heteroatoms. The minimum Gasteiger partial charge on any atom is -0.497 e. The van der Waals surface area contributed by atoms with Crippen LogP contribution in [0.5, 0.6) is 11.5 Å². The molecule has 3 nitrogen and oxygen atoms in total. The number of hydrogen-bond acceptors (Lipinski definition) is 3. The van der Waals surface area contributed by atoms with Crippen molar-refractivity contribution in [2.45, 2.75) is 19.9 Å². The fourth-order valence-electron chi connectivity index (χ4n) is 2.25. The number of hydrogen-bond donors (Lipinski definition) is 1. The molecule has 2 rings (SSSR count). The number of methoxy groups -OCH3 is 1. The summed E-state index contributed by atoms with van der Waals surface area (Å²) in [6, 6.07) is 9.86. The van der Waals surface area contributed by atoms with E-state index in [2.05, 4.69) is 0 Å². The highest BCUT2D eigenvalue weighted by Crippen LogP contribution is 2.31. The van der Waals surface area contributed by atoms with Gasteiger partial charge in [0.25, 0.3) is 0 Å². The highest BCUT2D eigenvalue weighted by Gasteiger charge is 2.18. The lowest BCUT2D eigenvalue weighted by Gasteiger charge is -2.18. The number of rotatable bonds is 5. The first-order valence-electron chi connectivity index (χ1n) is 6.89. The summed E-state index contributed by atoms with van der Waals surface area (Å²) in [5, 5.41) is 0. The highest BCUT2D eigenvalue weighted by molar-refractivity contribution is 5.44. The van der Waals surface area contributed by atoms with E-state index in [-0.39, 0.29) is 5.82 Å². The highest BCUT2D eigenvalue weighted by atomic mass is 19.1. The van der Waals surface area contributed by atoms with Crippen LogP contribution in [0.25, 0.3) is 0 Å². The molecule has 2 aromatic carbocycles. The van der Waals surface area contributed by atoms with Crippen molar-refractivity contribution in [1.29, 1.82) is 0 Å². The maximum Gasteiger partial charge on any atom is 0.132 e. The molecule has 21 heavy (non-hydrogen) atoms. The van der Waals surface area contributed by atoms with Gasteiger partial charge in [-0.25, -0.2) is 4.39 Å². The third-order valence-electron chi connectivity index (χ3n) is 3.34. The molecule has 0 aliphatic carbocycles. The molecule has 0 fully saturated rings. The molecular formula is C17H20FNO2. The third-order valence-corrected chi connectivity index (χ3v) is 3.34. The Morgan fingerprint density at radius 2 is 1.90 bits per heavy atom. The van der Waals surface area contributed by atoms with Gasteiger partial charge in [-0.3, -0.25) is 0 Å². The van der Waals surface area contributed by atoms with E-state index in [4.69, 9.17) is 15.2 Å². The Bertz CT molecular complexity index is 628. The number of benzene rings is 2. The summed E-state index contributed by atoms with van der Waals surface area (Å²) in [5.74, 6) is 0.773. The Kier molecular flexibility index (Phi) is 4.81. The summed E-state index contributed by atoms with van der Waals surface area (Å²) in [7, 11) is 1.50. The SMILES string of the molecule is CCOc1ccc(C)cc1C(N)c1ccc(OC)cc1F. The van der Waals surface area contributed by atoms with Crippen LogP contribution < -0.4 is 15.2 Å². The van der Waals surface area contributed by atoms with Gasteiger partial charge in [0.15, 0.2) is 0 Å². The maximum atomic E-state index is 14.2. The van der Waals surface area contributed by atoms with Crippen LogP contribution in [0.1, 0.15) is 29.7 Å². The molecule has 0 bridgehead atoms. The van der Waals surface area contributed by atoms with Crippen molar-refractivity contribution in [3.8, 4) is 11.5 Å². The van der Waals surface area contributed by atoms with E-state index in [0.717, 1.165) is 11.1 Å². The van der Waals surface area contributed by atoms with Gasteiger partial charge in [0.1, 0.15) is 17.3 Å². The summed E-state index contributed by atoms with van der Waals surface area (Å²) in [4.78, 5) is 0. The third kappa shape index (κ3) is 3.34. The van der Waals surface area contributed by atoms with Gasteiger partial charge in [-0.1, -0.05) is 23.8 Å². The molecule has 1 atom stereocenters. The summed E-state index contributed by atoms with van der Waals surface area (Å²) in [6.07, 6.45) is 0. The zero-order chi connectivity index (χ0) is 15.4. The number of ether oxygens (including phenoxy) is 2. The molecule has 0 saturated heterocycles. The number of halogens is 1. The smallest absolute Gasteiger partial charge is 0.132 e. The van der Waals surface area contributed by atoms with E-state index in [1.165, 1.54) is 13.2 Å². The van der Waals surface area contributed by atoms with Crippen LogP contribution in [0.2, 0.25) is 0 Å². The van der Waals surface area contributed by atoms with Crippen LogP contribution in [0, 0.1) is 12.7 Å². The fourth-order valence-corrected chi connectivity index (χ4v) is 2.25. The summed E-state index contributed by atoms with van der Waals surface area (Å²) >= 11 is 0. The van der Waals surface area contributed by atoms with Crippen LogP contribution in [-0.2, 0) is 0 Å². The molecule has 0 amide bonds. The van der Waals surface area contributed by atoms with Gasteiger partial charge in [-0.15, -0.1) is 0 Å². The molecule has 0 aliphatic heterocycles. The second kappa shape index (κ2) is 6.59. The van der Waals surface area contributed by atoms with E-state index >= 15 is 0 Å². The summed E-state index contributed by atoms with van der Waals surface area (Å²) < 4.78 is 24.8. The van der Waals surface area contributed by atoms with Crippen LogP contribution in [0.15, 0.2) is 36.4 Å². The van der Waals surface area contributed by atoms with Crippen molar-refractivity contribution in [3.63, 3.8) is 0 Å². The Morgan fingerprint density at radius 3 is 2.52 bits per heavy atom. The topological polar surface area (TPSA) is 44.5 Å². The maximum absolute atomic E-state index is 14.2. The van der Waals surface area contributed by atoms with Crippen molar-refractivity contribution in [3.05, 3.63) is 58.9 Å². The lowest BCUT2D eigenvalue weighted by Crippen LogP contribution is -2.15. The Morgan fingerprint density at radius 1 is 1.14 bits per heavy atom. The lowest BCUT2D eigenvalue weighted by atomic mass is 9.96. The second-order valence-corrected chi connectivity index (χ2v) is 4.84. The van der Waals surface area contributed by atoms with Gasteiger partial charge in [-0.05, 0) is 26.0 Å². The molecule has 0 aromatic heterocycles. The lowest BCUT2D eigenvalue weighted by molar-refractivity contribution is 0.335. The number of nitrogens with two attached hydrogens (primary N) is 1. The molecule has 0 saturated carbocycles. The summed E-state index contributed by atoms with van der Waals surface area (Å²) in [6.45, 7) is 4.41. The minimum absolute atomic E-state index is 0.384. The van der Waals surface area contributed by atoms with Crippen LogP contribution in [0.3, 0.4) is 0 Å². The van der Waals surface area contributed by atoms with E-state index in [1.807, 2.05) is 32.0 Å². The van der Waals surface area contributed by atoms with E-state index < -0.39 is 6.04 Å². The molecule has 0 radical (unpaired) electrons. The molecule has 0 aliphatic rings. The average molecular weight is 289 g/mol. The van der Waals surface area contributed by atoms with Crippen molar-refractivity contribution in [2.24, 2.45) is 5.73 Å². The van der Waals surface area contributed by atoms with Gasteiger partial charge in [-0.2, -0.15) is 0 Å². The van der Waals surface area contributed by atoms with Gasteiger partial charge in [0.2, 0.25) is 0 Å². The van der Waals surface area contributed by atoms with Gasteiger partial charge in [0, 0.05) is 17.2 Å². The quantitative estimate of drug-likeness (QED) is 0.915. The van der Waals surface area contributed by atoms with Gasteiger partial charge >= 0.3 is 0 Å².